The van der Waals surface area contributed by atoms with E-state index in [4.69, 9.17) is 15.0 Å². The van der Waals surface area contributed by atoms with E-state index < -0.39 is 18.0 Å². The minimum absolute atomic E-state index is 0. The van der Waals surface area contributed by atoms with Crippen molar-refractivity contribution < 1.29 is 38.1 Å². The average Bonchev–Trinajstić information content (AvgIpc) is 2.99. The van der Waals surface area contributed by atoms with Crippen molar-refractivity contribution in [1.29, 1.82) is 0 Å². The second-order valence-electron chi connectivity index (χ2n) is 16.2. The van der Waals surface area contributed by atoms with Crippen molar-refractivity contribution >= 4 is 29.0 Å². The van der Waals surface area contributed by atoms with Gasteiger partial charge in [0.25, 0.3) is 10.1 Å². The largest absolute Gasteiger partial charge is 0.698 e. The van der Waals surface area contributed by atoms with Crippen LogP contribution in [0.5, 0.6) is 5.75 Å². The molecule has 0 saturated heterocycles. The van der Waals surface area contributed by atoms with Crippen LogP contribution in [-0.2, 0) is 30.5 Å². The Kier molecular flexibility index (Phi) is 18.0. The SMILES string of the molecule is COc1ccc(C)c(-c2c(C(C)C)cc(C(C)C)cc2C(C)C)c1P(C(C)(C)C)C(C)(C)C.CS(=O)(=O)O.[NH-]c1ccccc1-c1ccccc1.[Pd]. The van der Waals surface area contributed by atoms with E-state index in [0.717, 1.165) is 16.9 Å². The molecule has 0 saturated carbocycles. The van der Waals surface area contributed by atoms with Gasteiger partial charge in [0.15, 0.2) is 0 Å². The second kappa shape index (κ2) is 19.7. The summed E-state index contributed by atoms with van der Waals surface area (Å²) in [5, 5.41) is 1.74. The molecule has 290 valence electrons. The van der Waals surface area contributed by atoms with Crippen molar-refractivity contribution in [1.82, 2.24) is 0 Å². The molecular weight excluding hydrogens is 776 g/mol. The number of methoxy groups -OCH3 is 1. The number of nitrogens with one attached hydrogen (secondary N) is 1. The molecule has 0 heterocycles. The smallest absolute Gasteiger partial charge is 0.261 e. The molecule has 0 aliphatic carbocycles. The minimum Gasteiger partial charge on any atom is -0.698 e. The Hall–Kier alpha value is -2.52. The van der Waals surface area contributed by atoms with Gasteiger partial charge in [0.1, 0.15) is 5.75 Å². The van der Waals surface area contributed by atoms with Gasteiger partial charge in [-0.2, -0.15) is 8.42 Å². The van der Waals surface area contributed by atoms with Crippen LogP contribution in [0.25, 0.3) is 28.0 Å². The Bertz CT molecular complexity index is 1790. The van der Waals surface area contributed by atoms with Gasteiger partial charge in [-0.3, -0.25) is 4.55 Å². The molecule has 52 heavy (non-hydrogen) atoms. The van der Waals surface area contributed by atoms with Crippen LogP contribution in [0.3, 0.4) is 0 Å². The monoisotopic (exact) mass is 838 g/mol. The fraction of sp³-hybridized carbons (Fsp3) is 0.455. The summed E-state index contributed by atoms with van der Waals surface area (Å²) >= 11 is 0. The van der Waals surface area contributed by atoms with Crippen molar-refractivity contribution in [2.75, 3.05) is 13.4 Å². The minimum atomic E-state index is -3.67. The molecule has 4 rings (SSSR count). The molecule has 4 aromatic carbocycles. The molecule has 0 aromatic heterocycles. The Morgan fingerprint density at radius 2 is 1.15 bits per heavy atom. The van der Waals surface area contributed by atoms with E-state index in [-0.39, 0.29) is 30.7 Å². The first-order valence-electron chi connectivity index (χ1n) is 17.8. The maximum absolute atomic E-state index is 9.19. The fourth-order valence-electron chi connectivity index (χ4n) is 6.65. The molecule has 0 atom stereocenters. The van der Waals surface area contributed by atoms with Crippen LogP contribution in [-0.4, -0.2) is 36.6 Å². The van der Waals surface area contributed by atoms with Gasteiger partial charge in [-0.25, -0.2) is 0 Å². The third-order valence-corrected chi connectivity index (χ3v) is 12.1. The predicted molar refractivity (Wildman–Crippen MR) is 225 cm³/mol. The Morgan fingerprint density at radius 1 is 0.712 bits per heavy atom. The van der Waals surface area contributed by atoms with Crippen LogP contribution in [0.1, 0.15) is 123 Å². The molecule has 0 radical (unpaired) electrons. The third-order valence-electron chi connectivity index (χ3n) is 8.53. The zero-order valence-electron chi connectivity index (χ0n) is 34.1. The van der Waals surface area contributed by atoms with E-state index in [2.05, 4.69) is 114 Å². The Morgan fingerprint density at radius 3 is 1.54 bits per heavy atom. The molecule has 0 fully saturated rings. The molecule has 0 aliphatic rings. The number of rotatable bonds is 7. The summed E-state index contributed by atoms with van der Waals surface area (Å²) in [5.74, 6) is 2.46. The second-order valence-corrected chi connectivity index (χ2v) is 21.4. The predicted octanol–water partition coefficient (Wildman–Crippen LogP) is 13.3. The fourth-order valence-corrected chi connectivity index (χ4v) is 10.9. The number of hydrogen-bond acceptors (Lipinski definition) is 3. The number of hydrogen-bond donors (Lipinski definition) is 1. The molecule has 0 bridgehead atoms. The van der Waals surface area contributed by atoms with Gasteiger partial charge in [0, 0.05) is 25.7 Å². The van der Waals surface area contributed by atoms with Crippen LogP contribution in [0, 0.1) is 6.92 Å². The normalized spacial score (nSPS) is 11.8. The molecule has 5 nitrogen and oxygen atoms in total. The summed E-state index contributed by atoms with van der Waals surface area (Å²) in [6.07, 6.45) is 0.715. The molecule has 0 spiro atoms. The Balaban J connectivity index is 0.000000581. The van der Waals surface area contributed by atoms with Crippen LogP contribution >= 0.6 is 7.92 Å². The molecule has 4 aromatic rings. The summed E-state index contributed by atoms with van der Waals surface area (Å²) in [6, 6.07) is 27.1. The Labute approximate surface area is 331 Å². The van der Waals surface area contributed by atoms with E-state index >= 15 is 0 Å². The van der Waals surface area contributed by atoms with Gasteiger partial charge < -0.3 is 10.5 Å². The molecule has 0 unspecified atom stereocenters. The summed E-state index contributed by atoms with van der Waals surface area (Å²) in [6.45, 7) is 30.7. The van der Waals surface area contributed by atoms with E-state index in [1.54, 1.807) is 0 Å². The van der Waals surface area contributed by atoms with Gasteiger partial charge in [0.05, 0.1) is 13.4 Å². The first-order chi connectivity index (χ1) is 23.4. The van der Waals surface area contributed by atoms with Crippen LogP contribution < -0.4 is 10.0 Å². The molecule has 0 amide bonds. The van der Waals surface area contributed by atoms with Gasteiger partial charge in [-0.1, -0.05) is 164 Å². The quantitative estimate of drug-likeness (QED) is 0.114. The number of aryl methyl sites for hydroxylation is 1. The first kappa shape index (κ1) is 47.5. The van der Waals surface area contributed by atoms with Crippen molar-refractivity contribution in [2.24, 2.45) is 0 Å². The van der Waals surface area contributed by atoms with E-state index in [1.807, 2.05) is 61.7 Å². The maximum atomic E-state index is 9.19. The van der Waals surface area contributed by atoms with Gasteiger partial charge in [-0.05, 0) is 85.6 Å². The van der Waals surface area contributed by atoms with E-state index in [1.165, 1.54) is 38.7 Å². The van der Waals surface area contributed by atoms with Gasteiger partial charge >= 0.3 is 0 Å². The maximum Gasteiger partial charge on any atom is 0.261 e. The number of benzene rings is 4. The van der Waals surface area contributed by atoms with Crippen molar-refractivity contribution in [3.05, 3.63) is 107 Å². The van der Waals surface area contributed by atoms with Crippen molar-refractivity contribution in [2.45, 2.75) is 118 Å². The molecule has 2 N–H and O–H groups in total. The average molecular weight is 839 g/mol. The number of ether oxygens (including phenoxy) is 1. The van der Waals surface area contributed by atoms with Crippen LogP contribution in [0.2, 0.25) is 0 Å². The van der Waals surface area contributed by atoms with Crippen molar-refractivity contribution in [3.8, 4) is 28.0 Å². The molecular formula is C44H63NO4PPdS-. The molecule has 8 heteroatoms. The van der Waals surface area contributed by atoms with Crippen LogP contribution in [0.4, 0.5) is 5.69 Å². The summed E-state index contributed by atoms with van der Waals surface area (Å²) in [4.78, 5) is 0. The van der Waals surface area contributed by atoms with Gasteiger partial charge in [-0.15, -0.1) is 5.69 Å². The van der Waals surface area contributed by atoms with E-state index in [0.29, 0.717) is 29.7 Å². The zero-order chi connectivity index (χ0) is 39.1. The van der Waals surface area contributed by atoms with Gasteiger partial charge in [0.2, 0.25) is 0 Å². The standard InChI is InChI=1S/C31H49OP.C12H10N.CH4O3S.Pd/c1-19(2)23-17-24(20(3)4)28(25(18-23)21(5)6)27-22(7)15-16-26(32-14)29(27)33(30(8,9)10)31(11,12)13;13-12-9-5-4-8-11(12)10-6-2-1-3-7-10;1-5(2,3)4;/h15-21H,1-14H3;1-9,13H;1H3,(H,2,3,4);/q;-1;;. The van der Waals surface area contributed by atoms with E-state index in [9.17, 15) is 8.42 Å². The summed E-state index contributed by atoms with van der Waals surface area (Å²) in [5.41, 5.74) is 19.0. The zero-order valence-corrected chi connectivity index (χ0v) is 37.3. The first-order valence-corrected chi connectivity index (χ1v) is 21.0. The summed E-state index contributed by atoms with van der Waals surface area (Å²) in [7, 11) is -2.36. The topological polar surface area (TPSA) is 87.4 Å². The summed E-state index contributed by atoms with van der Waals surface area (Å²) < 4.78 is 32.0. The third kappa shape index (κ3) is 13.4. The van der Waals surface area contributed by atoms with Crippen LogP contribution in [0.15, 0.2) is 78.9 Å². The molecule has 0 aliphatic heterocycles. The van der Waals surface area contributed by atoms with Crippen molar-refractivity contribution in [3.63, 3.8) is 0 Å².